The Morgan fingerprint density at radius 3 is 1.62 bits per heavy atom. The first-order chi connectivity index (χ1) is 19.2. The summed E-state index contributed by atoms with van der Waals surface area (Å²) in [5.41, 5.74) is 4.01. The van der Waals surface area contributed by atoms with Crippen molar-refractivity contribution >= 4 is 16.7 Å². The lowest BCUT2D eigenvalue weighted by Crippen LogP contribution is -2.02. The highest BCUT2D eigenvalue weighted by Gasteiger charge is 2.24. The zero-order chi connectivity index (χ0) is 28.4. The molecule has 0 atom stereocenters. The van der Waals surface area contributed by atoms with Gasteiger partial charge in [-0.05, 0) is 76.5 Å². The molecule has 5 N–H and O–H groups in total. The van der Waals surface area contributed by atoms with Crippen molar-refractivity contribution in [1.29, 1.82) is 0 Å². The first kappa shape index (κ1) is 26.4. The second-order valence-corrected chi connectivity index (χ2v) is 9.75. The van der Waals surface area contributed by atoms with Gasteiger partial charge in [0.2, 0.25) is 0 Å². The summed E-state index contributed by atoms with van der Waals surface area (Å²) in [5.74, 6) is -0.237. The minimum absolute atomic E-state index is 0.0975. The number of fused-ring (bicyclic) bond motifs is 1. The van der Waals surface area contributed by atoms with Crippen molar-refractivity contribution in [2.45, 2.75) is 26.2 Å². The van der Waals surface area contributed by atoms with E-state index in [1.807, 2.05) is 0 Å². The van der Waals surface area contributed by atoms with Gasteiger partial charge in [0.25, 0.3) is 0 Å². The normalized spacial score (nSPS) is 11.0. The van der Waals surface area contributed by atoms with Crippen LogP contribution >= 0.6 is 0 Å². The molecule has 0 saturated carbocycles. The topological polar surface area (TPSA) is 127 Å². The lowest BCUT2D eigenvalue weighted by atomic mass is 9.87. The van der Waals surface area contributed by atoms with Crippen molar-refractivity contribution in [3.8, 4) is 34.5 Å². The number of carbonyl (C=O) groups excluding carboxylic acids is 1. The van der Waals surface area contributed by atoms with Gasteiger partial charge in [-0.2, -0.15) is 0 Å². The number of benzene rings is 5. The number of ether oxygens (including phenoxy) is 1. The summed E-state index contributed by atoms with van der Waals surface area (Å²) >= 11 is 0. The summed E-state index contributed by atoms with van der Waals surface area (Å²) in [5, 5.41) is 54.3. The van der Waals surface area contributed by atoms with E-state index >= 15 is 0 Å². The Kier molecular flexibility index (Phi) is 7.21. The van der Waals surface area contributed by atoms with Gasteiger partial charge in [0, 0.05) is 30.9 Å². The average Bonchev–Trinajstić information content (AvgIpc) is 2.93. The molecule has 5 aromatic rings. The van der Waals surface area contributed by atoms with E-state index in [-0.39, 0.29) is 52.5 Å². The molecule has 7 heteroatoms. The van der Waals surface area contributed by atoms with Crippen LogP contribution in [0.3, 0.4) is 0 Å². The van der Waals surface area contributed by atoms with Crippen LogP contribution in [0.2, 0.25) is 0 Å². The minimum atomic E-state index is -0.435. The predicted molar refractivity (Wildman–Crippen MR) is 151 cm³/mol. The molecule has 0 saturated heterocycles. The highest BCUT2D eigenvalue weighted by atomic mass is 16.5. The average molecular weight is 537 g/mol. The van der Waals surface area contributed by atoms with E-state index in [1.54, 1.807) is 78.9 Å². The van der Waals surface area contributed by atoms with Crippen LogP contribution < -0.4 is 4.74 Å². The van der Waals surface area contributed by atoms with Gasteiger partial charge < -0.3 is 30.3 Å². The quantitative estimate of drug-likeness (QED) is 0.126. The second kappa shape index (κ2) is 10.9. The number of rotatable bonds is 7. The van der Waals surface area contributed by atoms with Crippen LogP contribution in [-0.2, 0) is 24.1 Å². The highest BCUT2D eigenvalue weighted by Crippen LogP contribution is 2.47. The maximum atomic E-state index is 11.6. The van der Waals surface area contributed by atoms with Gasteiger partial charge in [-0.3, -0.25) is 4.79 Å². The molecule has 5 rings (SSSR count). The smallest absolute Gasteiger partial charge is 0.308 e. The number of esters is 1. The van der Waals surface area contributed by atoms with Crippen LogP contribution in [-0.4, -0.2) is 31.5 Å². The fourth-order valence-electron chi connectivity index (χ4n) is 4.97. The van der Waals surface area contributed by atoms with Gasteiger partial charge in [0.1, 0.15) is 34.5 Å². The molecule has 202 valence electrons. The standard InChI is InChI=1S/C33H28O7/c1-19(34)40-26-13-6-22(7-14-26)18-28-32(38)27(17-21-4-11-25(36)12-5-21)30-23(8-15-29(37)31(30)33(28)39)16-20-2-9-24(35)10-3-20/h2-15,35-39H,16-18H2,1H3. The Labute approximate surface area is 230 Å². The molecule has 0 aliphatic carbocycles. The summed E-state index contributed by atoms with van der Waals surface area (Å²) in [7, 11) is 0. The molecule has 0 radical (unpaired) electrons. The SMILES string of the molecule is CC(=O)Oc1ccc(Cc2c(O)c(Cc3ccc(O)cc3)c3c(Cc4ccc(O)cc4)ccc(O)c3c2O)cc1. The Morgan fingerprint density at radius 1 is 0.575 bits per heavy atom. The summed E-state index contributed by atoms with van der Waals surface area (Å²) < 4.78 is 5.10. The fourth-order valence-corrected chi connectivity index (χ4v) is 4.97. The molecule has 0 aliphatic rings. The molecule has 5 aromatic carbocycles. The van der Waals surface area contributed by atoms with E-state index in [1.165, 1.54) is 13.0 Å². The van der Waals surface area contributed by atoms with Crippen molar-refractivity contribution in [3.63, 3.8) is 0 Å². The van der Waals surface area contributed by atoms with Crippen molar-refractivity contribution in [1.82, 2.24) is 0 Å². The maximum absolute atomic E-state index is 11.6. The third-order valence-electron chi connectivity index (χ3n) is 6.88. The van der Waals surface area contributed by atoms with Gasteiger partial charge in [0.15, 0.2) is 0 Å². The zero-order valence-corrected chi connectivity index (χ0v) is 21.8. The van der Waals surface area contributed by atoms with Gasteiger partial charge in [-0.25, -0.2) is 0 Å². The van der Waals surface area contributed by atoms with Gasteiger partial charge in [-0.1, -0.05) is 42.5 Å². The van der Waals surface area contributed by atoms with E-state index in [2.05, 4.69) is 0 Å². The van der Waals surface area contributed by atoms with Crippen LogP contribution in [0.1, 0.15) is 40.3 Å². The van der Waals surface area contributed by atoms with Crippen LogP contribution in [0.5, 0.6) is 34.5 Å². The fraction of sp³-hybridized carbons (Fsp3) is 0.121. The third-order valence-corrected chi connectivity index (χ3v) is 6.88. The molecule has 0 unspecified atom stereocenters. The van der Waals surface area contributed by atoms with Crippen LogP contribution in [0.15, 0.2) is 84.9 Å². The summed E-state index contributed by atoms with van der Waals surface area (Å²) in [6.45, 7) is 1.32. The van der Waals surface area contributed by atoms with Crippen molar-refractivity contribution in [3.05, 3.63) is 118 Å². The summed E-state index contributed by atoms with van der Waals surface area (Å²) in [6.07, 6.45) is 0.848. The minimum Gasteiger partial charge on any atom is -0.508 e. The molecule has 0 aromatic heterocycles. The van der Waals surface area contributed by atoms with Crippen molar-refractivity contribution in [2.75, 3.05) is 0 Å². The van der Waals surface area contributed by atoms with E-state index in [4.69, 9.17) is 4.74 Å². The van der Waals surface area contributed by atoms with E-state index in [9.17, 15) is 30.3 Å². The van der Waals surface area contributed by atoms with Crippen molar-refractivity contribution < 1.29 is 35.1 Å². The molecule has 0 aliphatic heterocycles. The van der Waals surface area contributed by atoms with Crippen molar-refractivity contribution in [2.24, 2.45) is 0 Å². The Bertz CT molecular complexity index is 1690. The maximum Gasteiger partial charge on any atom is 0.308 e. The molecular weight excluding hydrogens is 508 g/mol. The number of phenolic OH excluding ortho intramolecular Hbond substituents is 5. The van der Waals surface area contributed by atoms with Crippen LogP contribution in [0, 0.1) is 0 Å². The van der Waals surface area contributed by atoms with E-state index < -0.39 is 5.97 Å². The molecular formula is C33H28O7. The lowest BCUT2D eigenvalue weighted by molar-refractivity contribution is -0.131. The number of aromatic hydroxyl groups is 5. The highest BCUT2D eigenvalue weighted by molar-refractivity contribution is 6.01. The molecule has 0 fully saturated rings. The van der Waals surface area contributed by atoms with Gasteiger partial charge >= 0.3 is 5.97 Å². The number of hydrogen-bond acceptors (Lipinski definition) is 7. The molecule has 0 spiro atoms. The Balaban J connectivity index is 1.67. The zero-order valence-electron chi connectivity index (χ0n) is 21.8. The van der Waals surface area contributed by atoms with Crippen LogP contribution in [0.25, 0.3) is 10.8 Å². The summed E-state index contributed by atoms with van der Waals surface area (Å²) in [4.78, 5) is 11.3. The number of hydrogen-bond donors (Lipinski definition) is 5. The molecule has 0 amide bonds. The first-order valence-corrected chi connectivity index (χ1v) is 12.7. The lowest BCUT2D eigenvalue weighted by Gasteiger charge is -2.20. The van der Waals surface area contributed by atoms with Crippen LogP contribution in [0.4, 0.5) is 0 Å². The molecule has 7 nitrogen and oxygen atoms in total. The molecule has 0 bridgehead atoms. The molecule has 40 heavy (non-hydrogen) atoms. The van der Waals surface area contributed by atoms with Gasteiger partial charge in [0.05, 0.1) is 5.39 Å². The van der Waals surface area contributed by atoms with E-state index in [0.29, 0.717) is 23.1 Å². The second-order valence-electron chi connectivity index (χ2n) is 9.75. The molecule has 0 heterocycles. The predicted octanol–water partition coefficient (Wildman–Crippen LogP) is 6.07. The first-order valence-electron chi connectivity index (χ1n) is 12.7. The number of carbonyl (C=O) groups is 1. The number of phenols is 5. The monoisotopic (exact) mass is 536 g/mol. The Hall–Kier alpha value is -5.17. The van der Waals surface area contributed by atoms with E-state index in [0.717, 1.165) is 22.3 Å². The summed E-state index contributed by atoms with van der Waals surface area (Å²) in [6, 6.07) is 23.4. The van der Waals surface area contributed by atoms with Gasteiger partial charge in [-0.15, -0.1) is 0 Å². The Morgan fingerprint density at radius 2 is 1.07 bits per heavy atom. The largest absolute Gasteiger partial charge is 0.508 e. The third kappa shape index (κ3) is 5.49.